The van der Waals surface area contributed by atoms with E-state index >= 15 is 4.39 Å². The van der Waals surface area contributed by atoms with Crippen LogP contribution in [0.25, 0.3) is 11.1 Å². The number of nitrogens with zero attached hydrogens (tertiary/aromatic N) is 1. The van der Waals surface area contributed by atoms with Crippen molar-refractivity contribution in [2.24, 2.45) is 5.92 Å². The van der Waals surface area contributed by atoms with E-state index in [4.69, 9.17) is 0 Å². The lowest BCUT2D eigenvalue weighted by Gasteiger charge is -2.36. The Labute approximate surface area is 184 Å². The molecule has 4 atom stereocenters. The minimum atomic E-state index is -3.56. The van der Waals surface area contributed by atoms with Gasteiger partial charge < -0.3 is 10.0 Å². The average Bonchev–Trinajstić information content (AvgIpc) is 3.38. The molecule has 0 radical (unpaired) electrons. The van der Waals surface area contributed by atoms with Gasteiger partial charge in [-0.2, -0.15) is 0 Å². The smallest absolute Gasteiger partial charge is 0.229 e. The zero-order valence-electron chi connectivity index (χ0n) is 17.3. The van der Waals surface area contributed by atoms with Crippen molar-refractivity contribution < 1.29 is 31.5 Å². The second kappa shape index (κ2) is 8.17. The normalized spacial score (nSPS) is 27.9. The van der Waals surface area contributed by atoms with Gasteiger partial charge in [-0.1, -0.05) is 30.3 Å². The van der Waals surface area contributed by atoms with Crippen LogP contribution < -0.4 is 4.72 Å². The summed E-state index contributed by atoms with van der Waals surface area (Å²) in [5.74, 6) is -3.34. The number of alkyl halides is 1. The summed E-state index contributed by atoms with van der Waals surface area (Å²) >= 11 is 0. The van der Waals surface area contributed by atoms with Crippen molar-refractivity contribution in [1.82, 2.24) is 9.62 Å². The Morgan fingerprint density at radius 2 is 1.78 bits per heavy atom. The summed E-state index contributed by atoms with van der Waals surface area (Å²) in [6.07, 6.45) is -0.0146. The van der Waals surface area contributed by atoms with Crippen LogP contribution in [0.5, 0.6) is 0 Å². The zero-order valence-corrected chi connectivity index (χ0v) is 18.1. The molecule has 32 heavy (non-hydrogen) atoms. The van der Waals surface area contributed by atoms with E-state index in [-0.39, 0.29) is 42.6 Å². The monoisotopic (exact) mass is 468 g/mol. The Kier molecular flexibility index (Phi) is 5.81. The van der Waals surface area contributed by atoms with E-state index in [1.54, 1.807) is 0 Å². The highest BCUT2D eigenvalue weighted by molar-refractivity contribution is 7.88. The van der Waals surface area contributed by atoms with Gasteiger partial charge in [0.25, 0.3) is 0 Å². The van der Waals surface area contributed by atoms with Crippen molar-refractivity contribution in [1.29, 1.82) is 0 Å². The van der Waals surface area contributed by atoms with E-state index in [1.807, 2.05) is 0 Å². The Bertz CT molecular complexity index is 1140. The molecule has 1 saturated carbocycles. The number of piperidine rings is 1. The predicted octanol–water partition coefficient (Wildman–Crippen LogP) is 2.33. The molecule has 1 aliphatic carbocycles. The van der Waals surface area contributed by atoms with E-state index in [0.717, 1.165) is 18.4 Å². The van der Waals surface area contributed by atoms with Gasteiger partial charge in [-0.25, -0.2) is 26.3 Å². The van der Waals surface area contributed by atoms with Gasteiger partial charge in [0.1, 0.15) is 17.3 Å². The van der Waals surface area contributed by atoms with Crippen LogP contribution in [0, 0.1) is 17.6 Å². The molecule has 2 aromatic carbocycles. The summed E-state index contributed by atoms with van der Waals surface area (Å²) in [6.45, 7) is -0.0456. The molecule has 0 unspecified atom stereocenters. The van der Waals surface area contributed by atoms with E-state index < -0.39 is 51.3 Å². The second-order valence-corrected chi connectivity index (χ2v) is 10.3. The number of rotatable bonds is 5. The van der Waals surface area contributed by atoms with Crippen molar-refractivity contribution in [3.8, 4) is 11.1 Å². The Balaban J connectivity index is 1.59. The number of hydrogen-bond acceptors (Lipinski definition) is 4. The number of benzene rings is 2. The molecule has 2 fully saturated rings. The van der Waals surface area contributed by atoms with E-state index in [9.17, 15) is 27.1 Å². The SMILES string of the molecule is CS(=O)(=O)N[C@H]1C[C@@H](O)CN(C(=O)[C@@H]2C[C@@]2(F)c2ccccc2-c2c(F)cccc2F)C1. The fourth-order valence-electron chi connectivity index (χ4n) is 4.50. The van der Waals surface area contributed by atoms with Gasteiger partial charge >= 0.3 is 0 Å². The summed E-state index contributed by atoms with van der Waals surface area (Å²) in [5, 5.41) is 10.1. The van der Waals surface area contributed by atoms with E-state index in [1.165, 1.54) is 35.2 Å². The van der Waals surface area contributed by atoms with Crippen LogP contribution in [0.15, 0.2) is 42.5 Å². The molecule has 172 valence electrons. The van der Waals surface area contributed by atoms with Gasteiger partial charge in [0.05, 0.1) is 23.8 Å². The molecule has 4 rings (SSSR count). The van der Waals surface area contributed by atoms with Gasteiger partial charge in [0, 0.05) is 25.6 Å². The minimum absolute atomic E-state index is 0.000861. The first kappa shape index (κ1) is 22.8. The lowest BCUT2D eigenvalue weighted by atomic mass is 9.93. The first-order chi connectivity index (χ1) is 15.0. The largest absolute Gasteiger partial charge is 0.391 e. The first-order valence-corrected chi connectivity index (χ1v) is 12.1. The quantitative estimate of drug-likeness (QED) is 0.705. The number of carbonyl (C=O) groups is 1. The first-order valence-electron chi connectivity index (χ1n) is 10.2. The van der Waals surface area contributed by atoms with Crippen LogP contribution in [-0.4, -0.2) is 55.8 Å². The number of sulfonamides is 1. The summed E-state index contributed by atoms with van der Waals surface area (Å²) in [5.41, 5.74) is -2.42. The van der Waals surface area contributed by atoms with Gasteiger partial charge in [-0.15, -0.1) is 0 Å². The molecule has 0 aromatic heterocycles. The van der Waals surface area contributed by atoms with Crippen LogP contribution >= 0.6 is 0 Å². The molecule has 6 nitrogen and oxygen atoms in total. The third-order valence-corrected chi connectivity index (χ3v) is 6.68. The van der Waals surface area contributed by atoms with Gasteiger partial charge in [0.2, 0.25) is 15.9 Å². The molecular formula is C22H23F3N2O4S. The van der Waals surface area contributed by atoms with E-state index in [2.05, 4.69) is 4.72 Å². The molecule has 1 amide bonds. The molecule has 0 spiro atoms. The highest BCUT2D eigenvalue weighted by Crippen LogP contribution is 2.58. The van der Waals surface area contributed by atoms with Gasteiger partial charge in [-0.05, 0) is 29.7 Å². The lowest BCUT2D eigenvalue weighted by molar-refractivity contribution is -0.137. The number of hydrogen-bond donors (Lipinski definition) is 2. The highest BCUT2D eigenvalue weighted by Gasteiger charge is 2.62. The number of β-amino-alcohol motifs (C(OH)–C–C–N with tert-alkyl or cyclic N) is 1. The lowest BCUT2D eigenvalue weighted by Crippen LogP contribution is -2.54. The van der Waals surface area contributed by atoms with Crippen LogP contribution in [0.4, 0.5) is 13.2 Å². The van der Waals surface area contributed by atoms with E-state index in [0.29, 0.717) is 0 Å². The number of aliphatic hydroxyl groups excluding tert-OH is 1. The minimum Gasteiger partial charge on any atom is -0.391 e. The number of amides is 1. The average molecular weight is 468 g/mol. The summed E-state index contributed by atoms with van der Waals surface area (Å²) in [7, 11) is -3.56. The topological polar surface area (TPSA) is 86.7 Å². The fraction of sp³-hybridized carbons (Fsp3) is 0.409. The van der Waals surface area contributed by atoms with Crippen molar-refractivity contribution in [2.45, 2.75) is 30.7 Å². The van der Waals surface area contributed by atoms with Crippen LogP contribution in [0.1, 0.15) is 18.4 Å². The summed E-state index contributed by atoms with van der Waals surface area (Å²) in [4.78, 5) is 14.3. The fourth-order valence-corrected chi connectivity index (χ4v) is 5.27. The molecule has 2 aliphatic rings. The number of halogens is 3. The maximum atomic E-state index is 15.9. The number of aliphatic hydroxyl groups is 1. The van der Waals surface area contributed by atoms with Gasteiger partial charge in [0.15, 0.2) is 0 Å². The van der Waals surface area contributed by atoms with Gasteiger partial charge in [-0.3, -0.25) is 4.79 Å². The molecule has 1 heterocycles. The standard InChI is InChI=1S/C22H23F3N2O4S/c1-32(30,31)26-13-9-14(28)12-27(11-13)21(29)17-10-22(17,25)16-6-3-2-5-15(16)20-18(23)7-4-8-19(20)24/h2-8,13-14,17,26,28H,9-12H2,1H3/t13-,14+,17-,22+/m0/s1. The third kappa shape index (κ3) is 4.39. The van der Waals surface area contributed by atoms with Crippen LogP contribution in [0.3, 0.4) is 0 Å². The maximum Gasteiger partial charge on any atom is 0.229 e. The second-order valence-electron chi connectivity index (χ2n) is 8.48. The third-order valence-electron chi connectivity index (χ3n) is 5.92. The zero-order chi connectivity index (χ0) is 23.3. The molecule has 2 N–H and O–H groups in total. The number of nitrogens with one attached hydrogen (secondary N) is 1. The number of carbonyl (C=O) groups excluding carboxylic acids is 1. The molecular weight excluding hydrogens is 445 g/mol. The Hall–Kier alpha value is -2.43. The summed E-state index contributed by atoms with van der Waals surface area (Å²) in [6, 6.07) is 8.59. The van der Waals surface area contributed by atoms with Crippen molar-refractivity contribution in [3.05, 3.63) is 59.7 Å². The van der Waals surface area contributed by atoms with Crippen molar-refractivity contribution >= 4 is 15.9 Å². The van der Waals surface area contributed by atoms with Crippen LogP contribution in [0.2, 0.25) is 0 Å². The molecule has 1 aliphatic heterocycles. The highest BCUT2D eigenvalue weighted by atomic mass is 32.2. The van der Waals surface area contributed by atoms with Crippen molar-refractivity contribution in [3.63, 3.8) is 0 Å². The Morgan fingerprint density at radius 1 is 1.12 bits per heavy atom. The number of likely N-dealkylation sites (tertiary alicyclic amines) is 1. The predicted molar refractivity (Wildman–Crippen MR) is 112 cm³/mol. The maximum absolute atomic E-state index is 15.9. The molecule has 2 aromatic rings. The molecule has 10 heteroatoms. The Morgan fingerprint density at radius 3 is 2.44 bits per heavy atom. The molecule has 0 bridgehead atoms. The summed E-state index contributed by atoms with van der Waals surface area (Å²) < 4.78 is 70.1. The van der Waals surface area contributed by atoms with Crippen molar-refractivity contribution in [2.75, 3.05) is 19.3 Å². The van der Waals surface area contributed by atoms with Crippen LogP contribution in [-0.2, 0) is 20.5 Å². The molecule has 1 saturated heterocycles.